The molecule has 0 fully saturated rings. The van der Waals surface area contributed by atoms with Crippen LogP contribution in [-0.4, -0.2) is 20.2 Å². The van der Waals surface area contributed by atoms with Gasteiger partial charge in [0.05, 0.1) is 27.0 Å². The monoisotopic (exact) mass is 305 g/mol. The highest BCUT2D eigenvalue weighted by Gasteiger charge is 2.09. The van der Waals surface area contributed by atoms with Crippen LogP contribution in [0, 0.1) is 10.1 Å². The molecule has 1 atom stereocenters. The average molecular weight is 305 g/mol. The van der Waals surface area contributed by atoms with Crippen molar-refractivity contribution in [1.82, 2.24) is 0 Å². The maximum atomic E-state index is 12.1. The molecule has 0 aliphatic rings. The van der Waals surface area contributed by atoms with E-state index in [0.29, 0.717) is 10.5 Å². The Kier molecular flexibility index (Phi) is 4.44. The minimum Gasteiger partial charge on any atom is -0.478 e. The first-order chi connectivity index (χ1) is 9.97. The van der Waals surface area contributed by atoms with Gasteiger partial charge in [-0.15, -0.1) is 0 Å². The highest BCUT2D eigenvalue weighted by molar-refractivity contribution is 7.84. The van der Waals surface area contributed by atoms with E-state index in [2.05, 4.69) is 0 Å². The molecule has 0 saturated carbocycles. The molecule has 0 saturated heterocycles. The lowest BCUT2D eigenvalue weighted by Crippen LogP contribution is -1.99. The molecule has 0 radical (unpaired) electrons. The van der Waals surface area contributed by atoms with E-state index in [-0.39, 0.29) is 17.0 Å². The third kappa shape index (κ3) is 3.73. The highest BCUT2D eigenvalue weighted by Crippen LogP contribution is 2.16. The minimum absolute atomic E-state index is 0.0182. The molecule has 1 N–H and O–H groups in total. The summed E-state index contributed by atoms with van der Waals surface area (Å²) in [5.74, 6) is -0.826. The molecule has 0 heterocycles. The quantitative estimate of drug-likeness (QED) is 0.676. The van der Waals surface area contributed by atoms with Crippen LogP contribution in [0.4, 0.5) is 5.69 Å². The second kappa shape index (κ2) is 6.27. The summed E-state index contributed by atoms with van der Waals surface area (Å²) >= 11 is 0. The number of non-ortho nitro benzene ring substituents is 1. The standard InChI is InChI=1S/C14H11NO5S/c16-14(17)11-3-7-13(8-4-11)21(20)9-10-1-5-12(6-2-10)15(18)19/h1-8H,9H2,(H,16,17). The van der Waals surface area contributed by atoms with E-state index in [4.69, 9.17) is 5.11 Å². The molecule has 0 bridgehead atoms. The zero-order chi connectivity index (χ0) is 15.4. The van der Waals surface area contributed by atoms with E-state index in [1.54, 1.807) is 12.1 Å². The van der Waals surface area contributed by atoms with Crippen molar-refractivity contribution in [1.29, 1.82) is 0 Å². The van der Waals surface area contributed by atoms with Crippen molar-refractivity contribution in [2.24, 2.45) is 0 Å². The molecule has 0 aromatic heterocycles. The molecule has 2 rings (SSSR count). The summed E-state index contributed by atoms with van der Waals surface area (Å²) in [7, 11) is -1.34. The first kappa shape index (κ1) is 14.9. The van der Waals surface area contributed by atoms with Gasteiger partial charge in [0.25, 0.3) is 5.69 Å². The second-order valence-electron chi connectivity index (χ2n) is 4.24. The lowest BCUT2D eigenvalue weighted by Gasteiger charge is -2.03. The Morgan fingerprint density at radius 2 is 1.67 bits per heavy atom. The number of carboxylic acid groups (broad SMARTS) is 1. The summed E-state index contributed by atoms with van der Waals surface area (Å²) in [6.45, 7) is 0. The molecule has 7 heteroatoms. The third-order valence-electron chi connectivity index (χ3n) is 2.81. The Bertz CT molecular complexity index is 694. The zero-order valence-electron chi connectivity index (χ0n) is 10.8. The summed E-state index contributed by atoms with van der Waals surface area (Å²) < 4.78 is 12.1. The SMILES string of the molecule is O=C(O)c1ccc(S(=O)Cc2ccc([N+](=O)[O-])cc2)cc1. The summed E-state index contributed by atoms with van der Waals surface area (Å²) in [6, 6.07) is 11.6. The summed E-state index contributed by atoms with van der Waals surface area (Å²) in [6.07, 6.45) is 0. The van der Waals surface area contributed by atoms with Crippen molar-refractivity contribution >= 4 is 22.5 Å². The van der Waals surface area contributed by atoms with Crippen LogP contribution < -0.4 is 0 Å². The van der Waals surface area contributed by atoms with Gasteiger partial charge in [-0.1, -0.05) is 12.1 Å². The summed E-state index contributed by atoms with van der Waals surface area (Å²) in [5.41, 5.74) is 0.822. The van der Waals surface area contributed by atoms with Crippen LogP contribution in [0.25, 0.3) is 0 Å². The van der Waals surface area contributed by atoms with Gasteiger partial charge in [0.2, 0.25) is 0 Å². The predicted molar refractivity (Wildman–Crippen MR) is 76.6 cm³/mol. The molecule has 0 amide bonds. The second-order valence-corrected chi connectivity index (χ2v) is 5.69. The zero-order valence-corrected chi connectivity index (χ0v) is 11.6. The molecule has 0 aliphatic heterocycles. The van der Waals surface area contributed by atoms with Crippen LogP contribution in [0.5, 0.6) is 0 Å². The number of hydrogen-bond donors (Lipinski definition) is 1. The van der Waals surface area contributed by atoms with Crippen molar-refractivity contribution in [3.8, 4) is 0 Å². The lowest BCUT2D eigenvalue weighted by atomic mass is 10.2. The lowest BCUT2D eigenvalue weighted by molar-refractivity contribution is -0.384. The molecular weight excluding hydrogens is 294 g/mol. The van der Waals surface area contributed by atoms with Crippen molar-refractivity contribution in [3.63, 3.8) is 0 Å². The maximum absolute atomic E-state index is 12.1. The van der Waals surface area contributed by atoms with Crippen LogP contribution >= 0.6 is 0 Å². The fourth-order valence-electron chi connectivity index (χ4n) is 1.70. The maximum Gasteiger partial charge on any atom is 0.335 e. The fraction of sp³-hybridized carbons (Fsp3) is 0.0714. The Morgan fingerprint density at radius 3 is 2.14 bits per heavy atom. The Labute approximate surface area is 122 Å². The number of rotatable bonds is 5. The van der Waals surface area contributed by atoms with Gasteiger partial charge in [0.1, 0.15) is 0 Å². The molecular formula is C14H11NO5S. The Morgan fingerprint density at radius 1 is 1.10 bits per heavy atom. The van der Waals surface area contributed by atoms with Gasteiger partial charge in [-0.2, -0.15) is 0 Å². The summed E-state index contributed by atoms with van der Waals surface area (Å²) in [5, 5.41) is 19.3. The third-order valence-corrected chi connectivity index (χ3v) is 4.20. The normalized spacial score (nSPS) is 11.8. The molecule has 0 aliphatic carbocycles. The van der Waals surface area contributed by atoms with E-state index in [1.165, 1.54) is 36.4 Å². The Hall–Kier alpha value is -2.54. The molecule has 1 unspecified atom stereocenters. The molecule has 6 nitrogen and oxygen atoms in total. The number of carboxylic acids is 1. The van der Waals surface area contributed by atoms with E-state index in [0.717, 1.165) is 0 Å². The average Bonchev–Trinajstić information content (AvgIpc) is 2.47. The van der Waals surface area contributed by atoms with Crippen LogP contribution in [0.15, 0.2) is 53.4 Å². The first-order valence-electron chi connectivity index (χ1n) is 5.92. The van der Waals surface area contributed by atoms with Gasteiger partial charge < -0.3 is 5.11 Å². The number of nitro benzene ring substituents is 1. The van der Waals surface area contributed by atoms with Crippen molar-refractivity contribution in [3.05, 3.63) is 69.8 Å². The van der Waals surface area contributed by atoms with Crippen LogP contribution in [0.1, 0.15) is 15.9 Å². The minimum atomic E-state index is -1.34. The summed E-state index contributed by atoms with van der Waals surface area (Å²) in [4.78, 5) is 21.3. The highest BCUT2D eigenvalue weighted by atomic mass is 32.2. The largest absolute Gasteiger partial charge is 0.478 e. The van der Waals surface area contributed by atoms with Gasteiger partial charge in [-0.3, -0.25) is 14.3 Å². The van der Waals surface area contributed by atoms with Crippen LogP contribution in [0.3, 0.4) is 0 Å². The number of nitro groups is 1. The van der Waals surface area contributed by atoms with Crippen LogP contribution in [-0.2, 0) is 16.6 Å². The van der Waals surface area contributed by atoms with Gasteiger partial charge in [-0.25, -0.2) is 4.79 Å². The molecule has 108 valence electrons. The van der Waals surface area contributed by atoms with Gasteiger partial charge in [0.15, 0.2) is 0 Å². The molecule has 0 spiro atoms. The fourth-order valence-corrected chi connectivity index (χ4v) is 2.80. The van der Waals surface area contributed by atoms with E-state index >= 15 is 0 Å². The smallest absolute Gasteiger partial charge is 0.335 e. The molecule has 2 aromatic carbocycles. The Balaban J connectivity index is 2.10. The van der Waals surface area contributed by atoms with Crippen molar-refractivity contribution < 1.29 is 19.0 Å². The number of aromatic carboxylic acids is 1. The van der Waals surface area contributed by atoms with E-state index < -0.39 is 21.7 Å². The number of benzene rings is 2. The van der Waals surface area contributed by atoms with Crippen LogP contribution in [0.2, 0.25) is 0 Å². The predicted octanol–water partition coefficient (Wildman–Crippen LogP) is 2.60. The van der Waals surface area contributed by atoms with Gasteiger partial charge in [-0.05, 0) is 29.8 Å². The van der Waals surface area contributed by atoms with E-state index in [9.17, 15) is 19.1 Å². The van der Waals surface area contributed by atoms with Gasteiger partial charge in [0, 0.05) is 17.0 Å². The molecule has 21 heavy (non-hydrogen) atoms. The number of nitrogens with zero attached hydrogens (tertiary/aromatic N) is 1. The van der Waals surface area contributed by atoms with E-state index in [1.807, 2.05) is 0 Å². The van der Waals surface area contributed by atoms with Crippen molar-refractivity contribution in [2.75, 3.05) is 0 Å². The molecule has 2 aromatic rings. The topological polar surface area (TPSA) is 97.5 Å². The van der Waals surface area contributed by atoms with Gasteiger partial charge >= 0.3 is 5.97 Å². The first-order valence-corrected chi connectivity index (χ1v) is 7.24. The van der Waals surface area contributed by atoms with Crippen molar-refractivity contribution in [2.45, 2.75) is 10.6 Å². The number of hydrogen-bond acceptors (Lipinski definition) is 4. The number of carbonyl (C=O) groups is 1.